The van der Waals surface area contributed by atoms with Gasteiger partial charge in [0.1, 0.15) is 0 Å². The fraction of sp³-hybridized carbons (Fsp3) is 0.400. The lowest BCUT2D eigenvalue weighted by Gasteiger charge is -2.31. The zero-order valence-corrected chi connectivity index (χ0v) is 16.1. The third kappa shape index (κ3) is 3.31. The normalized spacial score (nSPS) is 17.3. The van der Waals surface area contributed by atoms with E-state index in [1.54, 1.807) is 11.1 Å². The largest absolute Gasteiger partial charge is 0.494 e. The summed E-state index contributed by atoms with van der Waals surface area (Å²) < 4.78 is 16.9. The average Bonchev–Trinajstić information content (AvgIpc) is 3.23. The zero-order valence-electron chi connectivity index (χ0n) is 16.1. The summed E-state index contributed by atoms with van der Waals surface area (Å²) in [4.78, 5) is 19.5. The molecular formula is C20H22N4O4. The Hall–Kier alpha value is -3.00. The number of aromatic nitrogens is 3. The van der Waals surface area contributed by atoms with Gasteiger partial charge in [-0.1, -0.05) is 32.0 Å². The summed E-state index contributed by atoms with van der Waals surface area (Å²) in [5, 5.41) is 8.91. The lowest BCUT2D eigenvalue weighted by atomic mass is 10.1. The Labute approximate surface area is 162 Å². The first kappa shape index (κ1) is 18.4. The van der Waals surface area contributed by atoms with Crippen LogP contribution in [0.1, 0.15) is 48.0 Å². The van der Waals surface area contributed by atoms with Gasteiger partial charge in [-0.05, 0) is 6.07 Å². The second kappa shape index (κ2) is 7.55. The topological polar surface area (TPSA) is 90.6 Å². The summed E-state index contributed by atoms with van der Waals surface area (Å²) in [5.74, 6) is 1.41. The van der Waals surface area contributed by atoms with Crippen molar-refractivity contribution >= 4 is 16.8 Å². The number of fused-ring (bicyclic) bond motifs is 1. The van der Waals surface area contributed by atoms with Gasteiger partial charge in [0.15, 0.2) is 11.9 Å². The molecule has 1 aliphatic rings. The molecular weight excluding hydrogens is 360 g/mol. The molecule has 8 nitrogen and oxygen atoms in total. The number of morpholine rings is 1. The van der Waals surface area contributed by atoms with E-state index in [1.165, 1.54) is 7.11 Å². The summed E-state index contributed by atoms with van der Waals surface area (Å²) in [6.07, 6.45) is 1.14. The van der Waals surface area contributed by atoms with Gasteiger partial charge in [-0.3, -0.25) is 9.78 Å². The predicted octanol–water partition coefficient (Wildman–Crippen LogP) is 2.96. The first-order valence-corrected chi connectivity index (χ1v) is 9.24. The van der Waals surface area contributed by atoms with Crippen LogP contribution in [0.5, 0.6) is 5.75 Å². The SMILES string of the molecule is COc1cnc2ccccc2c1C(=O)N1CCOC(c2nnc(C(C)C)o2)C1. The molecule has 0 saturated carbocycles. The number of hydrogen-bond donors (Lipinski definition) is 0. The predicted molar refractivity (Wildman–Crippen MR) is 101 cm³/mol. The van der Waals surface area contributed by atoms with Gasteiger partial charge in [0.05, 0.1) is 37.5 Å². The minimum atomic E-state index is -0.447. The Kier molecular flexibility index (Phi) is 4.95. The van der Waals surface area contributed by atoms with E-state index >= 15 is 0 Å². The number of hydrogen-bond acceptors (Lipinski definition) is 7. The summed E-state index contributed by atoms with van der Waals surface area (Å²) in [6, 6.07) is 7.53. The van der Waals surface area contributed by atoms with E-state index in [9.17, 15) is 4.79 Å². The second-order valence-electron chi connectivity index (χ2n) is 6.96. The van der Waals surface area contributed by atoms with Gasteiger partial charge >= 0.3 is 0 Å². The molecule has 28 heavy (non-hydrogen) atoms. The highest BCUT2D eigenvalue weighted by atomic mass is 16.5. The van der Waals surface area contributed by atoms with Crippen LogP contribution in [0.2, 0.25) is 0 Å². The molecule has 3 heterocycles. The summed E-state index contributed by atoms with van der Waals surface area (Å²) in [5.41, 5.74) is 1.25. The molecule has 3 aromatic rings. The fourth-order valence-corrected chi connectivity index (χ4v) is 3.25. The van der Waals surface area contributed by atoms with Gasteiger partial charge in [-0.2, -0.15) is 0 Å². The lowest BCUT2D eigenvalue weighted by molar-refractivity contribution is -0.0351. The van der Waals surface area contributed by atoms with Crippen LogP contribution in [0.25, 0.3) is 10.9 Å². The Morgan fingerprint density at radius 2 is 2.11 bits per heavy atom. The maximum atomic E-state index is 13.4. The van der Waals surface area contributed by atoms with E-state index in [0.717, 1.165) is 10.9 Å². The van der Waals surface area contributed by atoms with Crippen molar-refractivity contribution in [2.24, 2.45) is 0 Å². The van der Waals surface area contributed by atoms with Crippen LogP contribution >= 0.6 is 0 Å². The molecule has 2 aromatic heterocycles. The summed E-state index contributed by atoms with van der Waals surface area (Å²) >= 11 is 0. The number of para-hydroxylation sites is 1. The Bertz CT molecular complexity index is 1000. The fourth-order valence-electron chi connectivity index (χ4n) is 3.25. The first-order chi connectivity index (χ1) is 13.6. The number of benzene rings is 1. The molecule has 1 unspecified atom stereocenters. The molecule has 0 radical (unpaired) electrons. The molecule has 0 N–H and O–H groups in total. The number of pyridine rings is 1. The molecule has 8 heteroatoms. The van der Waals surface area contributed by atoms with Crippen LogP contribution in [0, 0.1) is 0 Å². The minimum absolute atomic E-state index is 0.132. The molecule has 1 aromatic carbocycles. The van der Waals surface area contributed by atoms with E-state index in [0.29, 0.717) is 42.8 Å². The molecule has 0 spiro atoms. The Balaban J connectivity index is 1.64. The summed E-state index contributed by atoms with van der Waals surface area (Å²) in [6.45, 7) is 5.16. The van der Waals surface area contributed by atoms with Gasteiger partial charge < -0.3 is 18.8 Å². The van der Waals surface area contributed by atoms with Crippen molar-refractivity contribution in [1.29, 1.82) is 0 Å². The number of amides is 1. The van der Waals surface area contributed by atoms with Crippen molar-refractivity contribution in [1.82, 2.24) is 20.1 Å². The zero-order chi connectivity index (χ0) is 19.7. The van der Waals surface area contributed by atoms with Crippen LogP contribution < -0.4 is 4.74 Å². The molecule has 1 amide bonds. The van der Waals surface area contributed by atoms with E-state index < -0.39 is 6.10 Å². The second-order valence-corrected chi connectivity index (χ2v) is 6.96. The standard InChI is InChI=1S/C20H22N4O4/c1-12(2)18-22-23-19(28-18)16-11-24(8-9-27-16)20(25)17-13-6-4-5-7-14(13)21-10-15(17)26-3/h4-7,10,12,16H,8-9,11H2,1-3H3. The Morgan fingerprint density at radius 1 is 1.29 bits per heavy atom. The highest BCUT2D eigenvalue weighted by molar-refractivity contribution is 6.08. The van der Waals surface area contributed by atoms with Crippen LogP contribution in [-0.4, -0.2) is 52.8 Å². The number of rotatable bonds is 4. The molecule has 146 valence electrons. The van der Waals surface area contributed by atoms with Crippen molar-refractivity contribution in [3.8, 4) is 5.75 Å². The van der Waals surface area contributed by atoms with Crippen LogP contribution in [0.3, 0.4) is 0 Å². The summed E-state index contributed by atoms with van der Waals surface area (Å²) in [7, 11) is 1.54. The monoisotopic (exact) mass is 382 g/mol. The smallest absolute Gasteiger partial charge is 0.258 e. The average molecular weight is 382 g/mol. The van der Waals surface area contributed by atoms with E-state index in [4.69, 9.17) is 13.9 Å². The number of methoxy groups -OCH3 is 1. The minimum Gasteiger partial charge on any atom is -0.494 e. The van der Waals surface area contributed by atoms with Gasteiger partial charge in [-0.25, -0.2) is 0 Å². The van der Waals surface area contributed by atoms with Crippen LogP contribution in [0.15, 0.2) is 34.9 Å². The number of carbonyl (C=O) groups excluding carboxylic acids is 1. The number of ether oxygens (including phenoxy) is 2. The van der Waals surface area contributed by atoms with Crippen molar-refractivity contribution in [2.45, 2.75) is 25.9 Å². The van der Waals surface area contributed by atoms with Gasteiger partial charge in [-0.15, -0.1) is 10.2 Å². The van der Waals surface area contributed by atoms with Crippen molar-refractivity contribution in [2.75, 3.05) is 26.8 Å². The van der Waals surface area contributed by atoms with Gasteiger partial charge in [0.25, 0.3) is 5.91 Å². The first-order valence-electron chi connectivity index (χ1n) is 9.24. The van der Waals surface area contributed by atoms with Crippen molar-refractivity contribution in [3.05, 3.63) is 47.8 Å². The quantitative estimate of drug-likeness (QED) is 0.685. The molecule has 4 rings (SSSR count). The molecule has 1 aliphatic heterocycles. The number of nitrogens with zero attached hydrogens (tertiary/aromatic N) is 4. The van der Waals surface area contributed by atoms with E-state index in [1.807, 2.05) is 38.1 Å². The number of carbonyl (C=O) groups is 1. The molecule has 1 atom stereocenters. The van der Waals surface area contributed by atoms with E-state index in [2.05, 4.69) is 15.2 Å². The third-order valence-corrected chi connectivity index (χ3v) is 4.75. The molecule has 1 saturated heterocycles. The molecule has 1 fully saturated rings. The highest BCUT2D eigenvalue weighted by Gasteiger charge is 2.32. The van der Waals surface area contributed by atoms with Crippen LogP contribution in [0.4, 0.5) is 0 Å². The lowest BCUT2D eigenvalue weighted by Crippen LogP contribution is -2.42. The highest BCUT2D eigenvalue weighted by Crippen LogP contribution is 2.30. The Morgan fingerprint density at radius 3 is 2.86 bits per heavy atom. The molecule has 0 bridgehead atoms. The van der Waals surface area contributed by atoms with Gasteiger partial charge in [0, 0.05) is 17.8 Å². The van der Waals surface area contributed by atoms with Gasteiger partial charge in [0.2, 0.25) is 11.8 Å². The maximum absolute atomic E-state index is 13.4. The maximum Gasteiger partial charge on any atom is 0.258 e. The van der Waals surface area contributed by atoms with Crippen molar-refractivity contribution < 1.29 is 18.7 Å². The van der Waals surface area contributed by atoms with E-state index in [-0.39, 0.29) is 11.8 Å². The van der Waals surface area contributed by atoms with Crippen LogP contribution in [-0.2, 0) is 4.74 Å². The molecule has 0 aliphatic carbocycles. The van der Waals surface area contributed by atoms with Crippen molar-refractivity contribution in [3.63, 3.8) is 0 Å². The third-order valence-electron chi connectivity index (χ3n) is 4.75.